The molecule has 54 valence electrons. The summed E-state index contributed by atoms with van der Waals surface area (Å²) in [6, 6.07) is 0.120. The van der Waals surface area contributed by atoms with E-state index in [9.17, 15) is 0 Å². The van der Waals surface area contributed by atoms with Gasteiger partial charge in [-0.25, -0.2) is 0 Å². The smallest absolute Gasteiger partial charge is 0.0237 e. The van der Waals surface area contributed by atoms with Gasteiger partial charge in [0.1, 0.15) is 0 Å². The van der Waals surface area contributed by atoms with E-state index in [4.69, 9.17) is 11.5 Å². The van der Waals surface area contributed by atoms with Crippen molar-refractivity contribution in [1.29, 1.82) is 0 Å². The summed E-state index contributed by atoms with van der Waals surface area (Å²) in [7, 11) is 0. The summed E-state index contributed by atoms with van der Waals surface area (Å²) in [5.41, 5.74) is 12.1. The lowest BCUT2D eigenvalue weighted by atomic mass is 10.1. The first-order valence-electron chi connectivity index (χ1n) is 3.37. The highest BCUT2D eigenvalue weighted by Crippen LogP contribution is 1.97. The largest absolute Gasteiger partial charge is 0.327 e. The molecule has 0 radical (unpaired) electrons. The predicted molar refractivity (Wildman–Crippen MR) is 41.1 cm³/mol. The van der Waals surface area contributed by atoms with Crippen LogP contribution < -0.4 is 11.5 Å². The van der Waals surface area contributed by atoms with E-state index in [1.807, 2.05) is 6.92 Å². The van der Waals surface area contributed by atoms with Crippen molar-refractivity contribution < 1.29 is 0 Å². The molecule has 2 nitrogen and oxygen atoms in total. The SMILES string of the molecule is CC/C=C(/CN)C(C)N. The average molecular weight is 128 g/mol. The minimum Gasteiger partial charge on any atom is -0.327 e. The first kappa shape index (κ1) is 8.66. The Kier molecular flexibility index (Phi) is 4.36. The summed E-state index contributed by atoms with van der Waals surface area (Å²) in [6.45, 7) is 4.62. The Bertz CT molecular complexity index is 95.1. The molecule has 0 heterocycles. The Morgan fingerprint density at radius 3 is 2.33 bits per heavy atom. The Labute approximate surface area is 56.9 Å². The molecule has 0 aromatic heterocycles. The molecule has 0 aromatic rings. The third kappa shape index (κ3) is 3.27. The van der Waals surface area contributed by atoms with E-state index in [1.165, 1.54) is 0 Å². The first-order valence-corrected chi connectivity index (χ1v) is 3.37. The van der Waals surface area contributed by atoms with Crippen LogP contribution in [0, 0.1) is 0 Å². The van der Waals surface area contributed by atoms with Crippen molar-refractivity contribution in [1.82, 2.24) is 0 Å². The molecular weight excluding hydrogens is 112 g/mol. The Morgan fingerprint density at radius 1 is 1.67 bits per heavy atom. The Hall–Kier alpha value is -0.340. The van der Waals surface area contributed by atoms with E-state index in [0.29, 0.717) is 6.54 Å². The molecule has 0 rings (SSSR count). The van der Waals surface area contributed by atoms with Crippen molar-refractivity contribution in [2.75, 3.05) is 6.54 Å². The van der Waals surface area contributed by atoms with Crippen molar-refractivity contribution in [2.45, 2.75) is 26.3 Å². The van der Waals surface area contributed by atoms with Gasteiger partial charge in [-0.2, -0.15) is 0 Å². The van der Waals surface area contributed by atoms with Gasteiger partial charge in [-0.05, 0) is 18.9 Å². The number of allylic oxidation sites excluding steroid dienone is 1. The normalized spacial score (nSPS) is 15.8. The third-order valence-electron chi connectivity index (χ3n) is 1.29. The first-order chi connectivity index (χ1) is 4.22. The molecule has 4 N–H and O–H groups in total. The molecule has 0 aliphatic carbocycles. The van der Waals surface area contributed by atoms with Crippen molar-refractivity contribution in [3.8, 4) is 0 Å². The Morgan fingerprint density at radius 2 is 2.22 bits per heavy atom. The van der Waals surface area contributed by atoms with Crippen molar-refractivity contribution in [3.05, 3.63) is 11.6 Å². The van der Waals surface area contributed by atoms with Crippen LogP contribution in [-0.4, -0.2) is 12.6 Å². The summed E-state index contributed by atoms with van der Waals surface area (Å²) in [6.07, 6.45) is 3.11. The van der Waals surface area contributed by atoms with Crippen LogP contribution in [0.25, 0.3) is 0 Å². The van der Waals surface area contributed by atoms with Crippen LogP contribution in [0.1, 0.15) is 20.3 Å². The third-order valence-corrected chi connectivity index (χ3v) is 1.29. The lowest BCUT2D eigenvalue weighted by Crippen LogP contribution is -2.23. The van der Waals surface area contributed by atoms with Crippen LogP contribution in [0.5, 0.6) is 0 Å². The molecule has 0 aliphatic heterocycles. The number of nitrogens with two attached hydrogens (primary N) is 2. The van der Waals surface area contributed by atoms with Crippen LogP contribution in [-0.2, 0) is 0 Å². The number of hydrogen-bond donors (Lipinski definition) is 2. The second-order valence-electron chi connectivity index (χ2n) is 2.18. The monoisotopic (exact) mass is 128 g/mol. The van der Waals surface area contributed by atoms with E-state index in [1.54, 1.807) is 0 Å². The van der Waals surface area contributed by atoms with Crippen LogP contribution >= 0.6 is 0 Å². The molecule has 0 saturated heterocycles. The fourth-order valence-corrected chi connectivity index (χ4v) is 0.717. The van der Waals surface area contributed by atoms with Gasteiger partial charge in [0.25, 0.3) is 0 Å². The lowest BCUT2D eigenvalue weighted by molar-refractivity contribution is 0.821. The van der Waals surface area contributed by atoms with Gasteiger partial charge in [0.05, 0.1) is 0 Å². The highest BCUT2D eigenvalue weighted by molar-refractivity contribution is 5.09. The number of hydrogen-bond acceptors (Lipinski definition) is 2. The van der Waals surface area contributed by atoms with Crippen LogP contribution in [0.3, 0.4) is 0 Å². The van der Waals surface area contributed by atoms with E-state index in [2.05, 4.69) is 13.0 Å². The number of rotatable bonds is 3. The average Bonchev–Trinajstić information content (AvgIpc) is 1.82. The van der Waals surface area contributed by atoms with Crippen LogP contribution in [0.4, 0.5) is 0 Å². The van der Waals surface area contributed by atoms with Gasteiger partial charge in [-0.15, -0.1) is 0 Å². The van der Waals surface area contributed by atoms with Gasteiger partial charge < -0.3 is 11.5 Å². The molecule has 1 atom stereocenters. The van der Waals surface area contributed by atoms with Gasteiger partial charge >= 0.3 is 0 Å². The topological polar surface area (TPSA) is 52.0 Å². The quantitative estimate of drug-likeness (QED) is 0.548. The van der Waals surface area contributed by atoms with Crippen LogP contribution in [0.15, 0.2) is 11.6 Å². The predicted octanol–water partition coefficient (Wildman–Crippen LogP) is 0.629. The van der Waals surface area contributed by atoms with Crippen molar-refractivity contribution in [2.24, 2.45) is 11.5 Å². The van der Waals surface area contributed by atoms with Crippen molar-refractivity contribution >= 4 is 0 Å². The molecule has 0 aliphatic rings. The maximum atomic E-state index is 5.58. The maximum absolute atomic E-state index is 5.58. The van der Waals surface area contributed by atoms with Gasteiger partial charge in [0.2, 0.25) is 0 Å². The van der Waals surface area contributed by atoms with E-state index >= 15 is 0 Å². The van der Waals surface area contributed by atoms with E-state index in [0.717, 1.165) is 12.0 Å². The molecular formula is C7H16N2. The fourth-order valence-electron chi connectivity index (χ4n) is 0.717. The highest BCUT2D eigenvalue weighted by Gasteiger charge is 1.97. The minimum atomic E-state index is 0.120. The minimum absolute atomic E-state index is 0.120. The second-order valence-corrected chi connectivity index (χ2v) is 2.18. The molecule has 0 bridgehead atoms. The summed E-state index contributed by atoms with van der Waals surface area (Å²) in [4.78, 5) is 0. The lowest BCUT2D eigenvalue weighted by Gasteiger charge is -2.06. The van der Waals surface area contributed by atoms with Gasteiger partial charge in [0, 0.05) is 12.6 Å². The zero-order valence-electron chi connectivity index (χ0n) is 6.22. The van der Waals surface area contributed by atoms with Crippen molar-refractivity contribution in [3.63, 3.8) is 0 Å². The Balaban J connectivity index is 3.81. The van der Waals surface area contributed by atoms with Gasteiger partial charge in [-0.1, -0.05) is 13.0 Å². The molecule has 9 heavy (non-hydrogen) atoms. The van der Waals surface area contributed by atoms with E-state index in [-0.39, 0.29) is 6.04 Å². The van der Waals surface area contributed by atoms with Gasteiger partial charge in [0.15, 0.2) is 0 Å². The molecule has 0 fully saturated rings. The van der Waals surface area contributed by atoms with Crippen LogP contribution in [0.2, 0.25) is 0 Å². The summed E-state index contributed by atoms with van der Waals surface area (Å²) in [5, 5.41) is 0. The summed E-state index contributed by atoms with van der Waals surface area (Å²) >= 11 is 0. The van der Waals surface area contributed by atoms with Gasteiger partial charge in [-0.3, -0.25) is 0 Å². The second kappa shape index (κ2) is 4.53. The standard InChI is InChI=1S/C7H16N2/c1-3-4-7(5-8)6(2)9/h4,6H,3,5,8-9H2,1-2H3/b7-4-. The molecule has 1 unspecified atom stereocenters. The zero-order valence-corrected chi connectivity index (χ0v) is 6.22. The molecule has 0 spiro atoms. The maximum Gasteiger partial charge on any atom is 0.0237 e. The molecule has 0 aromatic carbocycles. The fraction of sp³-hybridized carbons (Fsp3) is 0.714. The zero-order chi connectivity index (χ0) is 7.28. The summed E-state index contributed by atoms with van der Waals surface area (Å²) in [5.74, 6) is 0. The molecule has 2 heteroatoms. The summed E-state index contributed by atoms with van der Waals surface area (Å²) < 4.78 is 0. The van der Waals surface area contributed by atoms with E-state index < -0.39 is 0 Å². The molecule has 0 saturated carbocycles. The highest BCUT2D eigenvalue weighted by atomic mass is 14.6. The molecule has 0 amide bonds.